The van der Waals surface area contributed by atoms with Crippen molar-refractivity contribution >= 4 is 17.2 Å². The van der Waals surface area contributed by atoms with Crippen molar-refractivity contribution in [2.45, 2.75) is 6.61 Å². The zero-order valence-electron chi connectivity index (χ0n) is 11.0. The van der Waals surface area contributed by atoms with Crippen molar-refractivity contribution in [1.82, 2.24) is 0 Å². The molecule has 0 bridgehead atoms. The van der Waals surface area contributed by atoms with Gasteiger partial charge in [-0.3, -0.25) is 0 Å². The first kappa shape index (κ1) is 13.6. The maximum absolute atomic E-state index is 13.2. The molecule has 0 spiro atoms. The Balaban J connectivity index is 1.77. The van der Waals surface area contributed by atoms with Crippen LogP contribution >= 0.6 is 12.2 Å². The molecule has 21 heavy (non-hydrogen) atoms. The number of thiocarbonyl (C=S) groups is 1. The van der Waals surface area contributed by atoms with Gasteiger partial charge in [0.1, 0.15) is 23.2 Å². The van der Waals surface area contributed by atoms with Gasteiger partial charge in [0.2, 0.25) is 6.79 Å². The van der Waals surface area contributed by atoms with Crippen LogP contribution in [0.15, 0.2) is 36.4 Å². The zero-order chi connectivity index (χ0) is 14.8. The van der Waals surface area contributed by atoms with Gasteiger partial charge in [0.25, 0.3) is 0 Å². The Hall–Kier alpha value is -2.34. The number of benzene rings is 2. The van der Waals surface area contributed by atoms with Crippen LogP contribution in [0.1, 0.15) is 11.1 Å². The van der Waals surface area contributed by atoms with Gasteiger partial charge in [0.15, 0.2) is 11.5 Å². The summed E-state index contributed by atoms with van der Waals surface area (Å²) >= 11 is 4.92. The summed E-state index contributed by atoms with van der Waals surface area (Å²) in [5.74, 6) is 1.57. The molecule has 0 amide bonds. The Morgan fingerprint density at radius 1 is 1.19 bits per heavy atom. The van der Waals surface area contributed by atoms with Crippen LogP contribution in [0.4, 0.5) is 4.39 Å². The van der Waals surface area contributed by atoms with Crippen LogP contribution in [0.3, 0.4) is 0 Å². The monoisotopic (exact) mass is 305 g/mol. The normalized spacial score (nSPS) is 12.2. The topological polar surface area (TPSA) is 53.7 Å². The van der Waals surface area contributed by atoms with E-state index in [2.05, 4.69) is 0 Å². The SMILES string of the molecule is NC(=S)c1cc(F)ccc1COc1ccc2c(c1)OCO2. The van der Waals surface area contributed by atoms with Crippen molar-refractivity contribution in [1.29, 1.82) is 0 Å². The van der Waals surface area contributed by atoms with E-state index < -0.39 is 0 Å². The molecule has 1 aliphatic heterocycles. The van der Waals surface area contributed by atoms with E-state index in [9.17, 15) is 4.39 Å². The second-order valence-corrected chi connectivity index (χ2v) is 4.91. The average molecular weight is 305 g/mol. The Morgan fingerprint density at radius 3 is 2.81 bits per heavy atom. The molecule has 2 aromatic carbocycles. The molecule has 0 fully saturated rings. The molecule has 0 aliphatic carbocycles. The number of hydrogen-bond donors (Lipinski definition) is 1. The molecule has 0 saturated heterocycles. The van der Waals surface area contributed by atoms with Crippen LogP contribution in [0, 0.1) is 5.82 Å². The second-order valence-electron chi connectivity index (χ2n) is 4.47. The minimum Gasteiger partial charge on any atom is -0.489 e. The van der Waals surface area contributed by atoms with Crippen LogP contribution < -0.4 is 19.9 Å². The van der Waals surface area contributed by atoms with Gasteiger partial charge in [0, 0.05) is 11.6 Å². The largest absolute Gasteiger partial charge is 0.489 e. The number of nitrogens with two attached hydrogens (primary N) is 1. The fraction of sp³-hybridized carbons (Fsp3) is 0.133. The third-order valence-electron chi connectivity index (χ3n) is 3.08. The minimum atomic E-state index is -0.385. The molecule has 6 heteroatoms. The van der Waals surface area contributed by atoms with Gasteiger partial charge >= 0.3 is 0 Å². The summed E-state index contributed by atoms with van der Waals surface area (Å²) in [6.45, 7) is 0.439. The first-order chi connectivity index (χ1) is 10.1. The summed E-state index contributed by atoms with van der Waals surface area (Å²) in [6, 6.07) is 9.55. The molecule has 0 saturated carbocycles. The predicted octanol–water partition coefficient (Wildman–Crippen LogP) is 2.77. The Labute approximate surface area is 126 Å². The van der Waals surface area contributed by atoms with E-state index in [1.807, 2.05) is 0 Å². The predicted molar refractivity (Wildman–Crippen MR) is 79.2 cm³/mol. The Bertz CT molecular complexity index is 705. The summed E-state index contributed by atoms with van der Waals surface area (Å²) in [5, 5.41) is 0. The van der Waals surface area contributed by atoms with Gasteiger partial charge in [-0.1, -0.05) is 18.3 Å². The lowest BCUT2D eigenvalue weighted by molar-refractivity contribution is 0.173. The lowest BCUT2D eigenvalue weighted by Gasteiger charge is -2.11. The van der Waals surface area contributed by atoms with Gasteiger partial charge < -0.3 is 19.9 Å². The molecular weight excluding hydrogens is 293 g/mol. The van der Waals surface area contributed by atoms with E-state index in [0.29, 0.717) is 22.8 Å². The minimum absolute atomic E-state index is 0.138. The summed E-state index contributed by atoms with van der Waals surface area (Å²) < 4.78 is 29.4. The first-order valence-electron chi connectivity index (χ1n) is 6.24. The molecule has 0 aromatic heterocycles. The highest BCUT2D eigenvalue weighted by molar-refractivity contribution is 7.80. The summed E-state index contributed by atoms with van der Waals surface area (Å²) in [6.07, 6.45) is 0. The van der Waals surface area contributed by atoms with E-state index in [1.54, 1.807) is 24.3 Å². The van der Waals surface area contributed by atoms with Gasteiger partial charge in [-0.15, -0.1) is 0 Å². The van der Waals surface area contributed by atoms with Crippen molar-refractivity contribution in [3.63, 3.8) is 0 Å². The van der Waals surface area contributed by atoms with Gasteiger partial charge in [0.05, 0.1) is 0 Å². The molecule has 4 nitrogen and oxygen atoms in total. The van der Waals surface area contributed by atoms with E-state index in [4.69, 9.17) is 32.2 Å². The molecule has 0 unspecified atom stereocenters. The van der Waals surface area contributed by atoms with Crippen LogP contribution in [0.2, 0.25) is 0 Å². The Kier molecular flexibility index (Phi) is 3.62. The van der Waals surface area contributed by atoms with E-state index in [-0.39, 0.29) is 24.2 Å². The molecule has 108 valence electrons. The van der Waals surface area contributed by atoms with Crippen LogP contribution in [-0.4, -0.2) is 11.8 Å². The summed E-state index contributed by atoms with van der Waals surface area (Å²) in [5.41, 5.74) is 6.80. The third-order valence-corrected chi connectivity index (χ3v) is 3.30. The fourth-order valence-corrected chi connectivity index (χ4v) is 2.22. The van der Waals surface area contributed by atoms with Crippen molar-refractivity contribution < 1.29 is 18.6 Å². The second kappa shape index (κ2) is 5.57. The van der Waals surface area contributed by atoms with Crippen molar-refractivity contribution in [3.8, 4) is 17.2 Å². The van der Waals surface area contributed by atoms with Crippen LogP contribution in [0.5, 0.6) is 17.2 Å². The van der Waals surface area contributed by atoms with Crippen LogP contribution in [0.25, 0.3) is 0 Å². The number of fused-ring (bicyclic) bond motifs is 1. The number of hydrogen-bond acceptors (Lipinski definition) is 4. The first-order valence-corrected chi connectivity index (χ1v) is 6.65. The molecule has 2 aromatic rings. The van der Waals surface area contributed by atoms with E-state index >= 15 is 0 Å². The molecule has 0 radical (unpaired) electrons. The van der Waals surface area contributed by atoms with Crippen LogP contribution in [-0.2, 0) is 6.61 Å². The third kappa shape index (κ3) is 2.90. The molecule has 2 N–H and O–H groups in total. The van der Waals surface area contributed by atoms with E-state index in [1.165, 1.54) is 12.1 Å². The van der Waals surface area contributed by atoms with Gasteiger partial charge in [-0.25, -0.2) is 4.39 Å². The summed E-state index contributed by atoms with van der Waals surface area (Å²) in [4.78, 5) is 0.138. The van der Waals surface area contributed by atoms with Crippen molar-refractivity contribution in [2.75, 3.05) is 6.79 Å². The number of ether oxygens (including phenoxy) is 3. The van der Waals surface area contributed by atoms with Gasteiger partial charge in [-0.05, 0) is 29.8 Å². The molecular formula is C15H12FNO3S. The average Bonchev–Trinajstić information content (AvgIpc) is 2.93. The maximum atomic E-state index is 13.2. The lowest BCUT2D eigenvalue weighted by Crippen LogP contribution is -2.14. The quantitative estimate of drug-likeness (QED) is 0.880. The standard InChI is InChI=1S/C15H12FNO3S/c16-10-2-1-9(12(5-10)15(17)21)7-18-11-3-4-13-14(6-11)20-8-19-13/h1-6H,7-8H2,(H2,17,21). The highest BCUT2D eigenvalue weighted by Gasteiger charge is 2.14. The summed E-state index contributed by atoms with van der Waals surface area (Å²) in [7, 11) is 0. The zero-order valence-corrected chi connectivity index (χ0v) is 11.8. The van der Waals surface area contributed by atoms with Gasteiger partial charge in [-0.2, -0.15) is 0 Å². The molecule has 1 aliphatic rings. The number of rotatable bonds is 4. The van der Waals surface area contributed by atoms with E-state index in [0.717, 1.165) is 5.56 Å². The molecule has 0 atom stereocenters. The highest BCUT2D eigenvalue weighted by atomic mass is 32.1. The highest BCUT2D eigenvalue weighted by Crippen LogP contribution is 2.35. The lowest BCUT2D eigenvalue weighted by atomic mass is 10.1. The Morgan fingerprint density at radius 2 is 2.00 bits per heavy atom. The fourth-order valence-electron chi connectivity index (χ4n) is 2.03. The smallest absolute Gasteiger partial charge is 0.231 e. The molecule has 1 heterocycles. The number of halogens is 1. The van der Waals surface area contributed by atoms with Crippen molar-refractivity contribution in [2.24, 2.45) is 5.73 Å². The van der Waals surface area contributed by atoms with Crippen molar-refractivity contribution in [3.05, 3.63) is 53.3 Å². The molecule has 3 rings (SSSR count). The maximum Gasteiger partial charge on any atom is 0.231 e.